The smallest absolute Gasteiger partial charge is 0.166 e. The van der Waals surface area contributed by atoms with Crippen molar-refractivity contribution >= 4 is 27.3 Å². The summed E-state index contributed by atoms with van der Waals surface area (Å²) in [5.41, 5.74) is 0. The molecule has 1 heterocycles. The molecule has 2 nitrogen and oxygen atoms in total. The molecule has 0 radical (unpaired) electrons. The van der Waals surface area contributed by atoms with Gasteiger partial charge in [0.1, 0.15) is 6.61 Å². The molecule has 1 fully saturated rings. The van der Waals surface area contributed by atoms with Crippen LogP contribution < -0.4 is 10.1 Å². The van der Waals surface area contributed by atoms with Crippen LogP contribution in [0.4, 0.5) is 4.39 Å². The van der Waals surface area contributed by atoms with Crippen LogP contribution >= 0.6 is 27.3 Å². The maximum Gasteiger partial charge on any atom is 0.166 e. The molecular weight excluding hydrogens is 341 g/mol. The van der Waals surface area contributed by atoms with Crippen molar-refractivity contribution in [2.45, 2.75) is 32.0 Å². The van der Waals surface area contributed by atoms with Crippen molar-refractivity contribution in [3.63, 3.8) is 0 Å². The molecule has 0 saturated heterocycles. The number of nitrogens with one attached hydrogen (secondary N) is 1. The van der Waals surface area contributed by atoms with E-state index in [2.05, 4.69) is 27.3 Å². The fraction of sp³-hybridized carbons (Fsp3) is 0.333. The Hall–Kier alpha value is -0.910. The summed E-state index contributed by atoms with van der Waals surface area (Å²) in [4.78, 5) is 2.41. The van der Waals surface area contributed by atoms with Gasteiger partial charge in [-0.1, -0.05) is 15.9 Å². The van der Waals surface area contributed by atoms with Crippen LogP contribution in [-0.4, -0.2) is 6.04 Å². The number of halogens is 2. The molecule has 20 heavy (non-hydrogen) atoms. The Morgan fingerprint density at radius 1 is 1.25 bits per heavy atom. The molecule has 1 aromatic carbocycles. The third-order valence-electron chi connectivity index (χ3n) is 3.12. The van der Waals surface area contributed by atoms with E-state index in [0.717, 1.165) is 11.4 Å². The molecule has 0 bridgehead atoms. The van der Waals surface area contributed by atoms with Crippen LogP contribution in [0.25, 0.3) is 0 Å². The highest BCUT2D eigenvalue weighted by molar-refractivity contribution is 9.10. The number of thiophene rings is 1. The minimum absolute atomic E-state index is 0.291. The van der Waals surface area contributed by atoms with Gasteiger partial charge in [0.05, 0.1) is 0 Å². The predicted octanol–water partition coefficient (Wildman–Crippen LogP) is 4.48. The van der Waals surface area contributed by atoms with Crippen molar-refractivity contribution in [1.29, 1.82) is 0 Å². The van der Waals surface area contributed by atoms with Gasteiger partial charge in [-0.3, -0.25) is 0 Å². The first-order valence-corrected chi connectivity index (χ1v) is 8.20. The molecule has 106 valence electrons. The van der Waals surface area contributed by atoms with E-state index in [4.69, 9.17) is 4.74 Å². The molecule has 1 aromatic heterocycles. The van der Waals surface area contributed by atoms with Gasteiger partial charge in [-0.25, -0.2) is 4.39 Å². The van der Waals surface area contributed by atoms with E-state index in [9.17, 15) is 4.39 Å². The average molecular weight is 356 g/mol. The molecule has 0 spiro atoms. The number of hydrogen-bond donors (Lipinski definition) is 1. The largest absolute Gasteiger partial charge is 0.485 e. The summed E-state index contributed by atoms with van der Waals surface area (Å²) >= 11 is 4.94. The van der Waals surface area contributed by atoms with Crippen LogP contribution in [-0.2, 0) is 13.2 Å². The quantitative estimate of drug-likeness (QED) is 0.824. The second-order valence-corrected chi connectivity index (χ2v) is 7.06. The van der Waals surface area contributed by atoms with E-state index >= 15 is 0 Å². The summed E-state index contributed by atoms with van der Waals surface area (Å²) in [6.07, 6.45) is 2.59. The minimum atomic E-state index is -0.341. The maximum atomic E-state index is 13.6. The molecule has 0 amide bonds. The Labute approximate surface area is 130 Å². The Bertz CT molecular complexity index is 597. The number of ether oxygens (including phenoxy) is 1. The van der Waals surface area contributed by atoms with Crippen LogP contribution in [0.15, 0.2) is 34.8 Å². The highest BCUT2D eigenvalue weighted by atomic mass is 79.9. The minimum Gasteiger partial charge on any atom is -0.485 e. The standard InChI is InChI=1S/C15H15BrFNOS/c16-10-1-6-15(14(17)7-10)19-9-13-5-4-12(20-13)8-18-11-2-3-11/h1,4-7,11,18H,2-3,8-9H2. The number of hydrogen-bond acceptors (Lipinski definition) is 3. The van der Waals surface area contributed by atoms with E-state index in [-0.39, 0.29) is 5.82 Å². The van der Waals surface area contributed by atoms with Crippen LogP contribution in [0.2, 0.25) is 0 Å². The zero-order valence-electron chi connectivity index (χ0n) is 10.9. The summed E-state index contributed by atoms with van der Waals surface area (Å²) < 4.78 is 19.9. The fourth-order valence-electron chi connectivity index (χ4n) is 1.87. The van der Waals surface area contributed by atoms with E-state index in [0.29, 0.717) is 22.9 Å². The van der Waals surface area contributed by atoms with Gasteiger partial charge in [-0.2, -0.15) is 0 Å². The van der Waals surface area contributed by atoms with Crippen molar-refractivity contribution in [2.75, 3.05) is 0 Å². The molecule has 1 saturated carbocycles. The molecular formula is C15H15BrFNOS. The van der Waals surface area contributed by atoms with Gasteiger partial charge >= 0.3 is 0 Å². The molecule has 1 aliphatic carbocycles. The summed E-state index contributed by atoms with van der Waals surface area (Å²) in [6.45, 7) is 1.33. The molecule has 0 unspecified atom stereocenters. The predicted molar refractivity (Wildman–Crippen MR) is 82.6 cm³/mol. The molecule has 0 aliphatic heterocycles. The second kappa shape index (κ2) is 6.24. The molecule has 2 aromatic rings. The zero-order chi connectivity index (χ0) is 13.9. The normalized spacial score (nSPS) is 14.5. The van der Waals surface area contributed by atoms with E-state index in [1.54, 1.807) is 23.5 Å². The van der Waals surface area contributed by atoms with Gasteiger partial charge in [-0.05, 0) is 43.2 Å². The number of benzene rings is 1. The summed E-state index contributed by atoms with van der Waals surface area (Å²) in [5.74, 6) is -0.0502. The van der Waals surface area contributed by atoms with Crippen molar-refractivity contribution in [3.05, 3.63) is 50.4 Å². The Morgan fingerprint density at radius 2 is 2.05 bits per heavy atom. The van der Waals surface area contributed by atoms with Gasteiger partial charge in [0, 0.05) is 26.8 Å². The van der Waals surface area contributed by atoms with E-state index in [1.807, 2.05) is 6.07 Å². The van der Waals surface area contributed by atoms with Gasteiger partial charge < -0.3 is 10.1 Å². The van der Waals surface area contributed by atoms with Gasteiger partial charge in [0.25, 0.3) is 0 Å². The lowest BCUT2D eigenvalue weighted by Crippen LogP contribution is -2.14. The molecule has 0 atom stereocenters. The third kappa shape index (κ3) is 3.81. The lowest BCUT2D eigenvalue weighted by atomic mass is 10.3. The topological polar surface area (TPSA) is 21.3 Å². The van der Waals surface area contributed by atoms with Gasteiger partial charge in [0.15, 0.2) is 11.6 Å². The summed E-state index contributed by atoms with van der Waals surface area (Å²) in [6, 6.07) is 9.70. The lowest BCUT2D eigenvalue weighted by molar-refractivity contribution is 0.293. The van der Waals surface area contributed by atoms with Crippen molar-refractivity contribution in [3.8, 4) is 5.75 Å². The van der Waals surface area contributed by atoms with Crippen molar-refractivity contribution in [1.82, 2.24) is 5.32 Å². The second-order valence-electron chi connectivity index (χ2n) is 4.89. The highest BCUT2D eigenvalue weighted by Gasteiger charge is 2.20. The van der Waals surface area contributed by atoms with Crippen molar-refractivity contribution < 1.29 is 9.13 Å². The summed E-state index contributed by atoms with van der Waals surface area (Å²) in [7, 11) is 0. The molecule has 1 aliphatic rings. The fourth-order valence-corrected chi connectivity index (χ4v) is 3.08. The molecule has 3 rings (SSSR count). The van der Waals surface area contributed by atoms with E-state index in [1.165, 1.54) is 23.8 Å². The SMILES string of the molecule is Fc1cc(Br)ccc1OCc1ccc(CNC2CC2)s1. The lowest BCUT2D eigenvalue weighted by Gasteiger charge is -2.06. The van der Waals surface area contributed by atoms with Crippen LogP contribution in [0.1, 0.15) is 22.6 Å². The Kier molecular flexibility index (Phi) is 4.38. The molecule has 5 heteroatoms. The monoisotopic (exact) mass is 355 g/mol. The maximum absolute atomic E-state index is 13.6. The average Bonchev–Trinajstić information content (AvgIpc) is 3.14. The third-order valence-corrected chi connectivity index (χ3v) is 4.68. The first-order chi connectivity index (χ1) is 9.70. The van der Waals surface area contributed by atoms with Crippen LogP contribution in [0.3, 0.4) is 0 Å². The Morgan fingerprint density at radius 3 is 2.80 bits per heavy atom. The van der Waals surface area contributed by atoms with Crippen LogP contribution in [0.5, 0.6) is 5.75 Å². The highest BCUT2D eigenvalue weighted by Crippen LogP contribution is 2.25. The number of rotatable bonds is 6. The van der Waals surface area contributed by atoms with Gasteiger partial charge in [-0.15, -0.1) is 11.3 Å². The molecule has 1 N–H and O–H groups in total. The first kappa shape index (κ1) is 14.0. The van der Waals surface area contributed by atoms with Crippen LogP contribution in [0, 0.1) is 5.82 Å². The first-order valence-electron chi connectivity index (χ1n) is 6.59. The summed E-state index contributed by atoms with van der Waals surface area (Å²) in [5, 5.41) is 3.48. The zero-order valence-corrected chi connectivity index (χ0v) is 13.3. The van der Waals surface area contributed by atoms with E-state index < -0.39 is 0 Å². The Balaban J connectivity index is 1.54. The van der Waals surface area contributed by atoms with Crippen molar-refractivity contribution in [2.24, 2.45) is 0 Å². The van der Waals surface area contributed by atoms with Gasteiger partial charge in [0.2, 0.25) is 0 Å².